The number of amides is 2. The molecule has 2 aromatic rings. The Bertz CT molecular complexity index is 889. The van der Waals surface area contributed by atoms with Crippen molar-refractivity contribution in [2.75, 3.05) is 39.4 Å². The number of likely N-dealkylation sites (tertiary alicyclic amines) is 1. The van der Waals surface area contributed by atoms with Crippen molar-refractivity contribution in [3.63, 3.8) is 0 Å². The van der Waals surface area contributed by atoms with Gasteiger partial charge in [-0.05, 0) is 42.6 Å². The molecule has 1 N–H and O–H groups in total. The summed E-state index contributed by atoms with van der Waals surface area (Å²) in [5.74, 6) is 0.116. The van der Waals surface area contributed by atoms with Gasteiger partial charge in [0.25, 0.3) is 0 Å². The summed E-state index contributed by atoms with van der Waals surface area (Å²) in [7, 11) is 0. The lowest BCUT2D eigenvalue weighted by Gasteiger charge is -2.38. The number of nitrogens with one attached hydrogen (secondary N) is 1. The second kappa shape index (κ2) is 9.58. The maximum atomic E-state index is 13.0. The van der Waals surface area contributed by atoms with Gasteiger partial charge < -0.3 is 15.0 Å². The molecule has 0 aliphatic carbocycles. The van der Waals surface area contributed by atoms with Gasteiger partial charge in [0.1, 0.15) is 0 Å². The minimum atomic E-state index is -0.199. The molecule has 0 aromatic heterocycles. The summed E-state index contributed by atoms with van der Waals surface area (Å²) in [5, 5.41) is 5.48. The quantitative estimate of drug-likeness (QED) is 0.825. The van der Waals surface area contributed by atoms with Crippen molar-refractivity contribution in [2.24, 2.45) is 0 Å². The summed E-state index contributed by atoms with van der Waals surface area (Å²) in [4.78, 5) is 29.9. The second-order valence-electron chi connectivity index (χ2n) is 8.28. The van der Waals surface area contributed by atoms with E-state index >= 15 is 0 Å². The van der Waals surface area contributed by atoms with Crippen LogP contribution in [0.25, 0.3) is 10.8 Å². The van der Waals surface area contributed by atoms with Crippen LogP contribution in [0.5, 0.6) is 0 Å². The third kappa shape index (κ3) is 4.65. The first-order chi connectivity index (χ1) is 14.6. The number of hydrogen-bond acceptors (Lipinski definition) is 4. The van der Waals surface area contributed by atoms with Gasteiger partial charge in [-0.15, -0.1) is 0 Å². The Morgan fingerprint density at radius 2 is 1.83 bits per heavy atom. The highest BCUT2D eigenvalue weighted by Crippen LogP contribution is 2.24. The Kier molecular flexibility index (Phi) is 6.65. The molecular formula is C24H31N3O3. The van der Waals surface area contributed by atoms with E-state index in [4.69, 9.17) is 4.74 Å². The maximum absolute atomic E-state index is 13.0. The molecule has 6 heteroatoms. The highest BCUT2D eigenvalue weighted by atomic mass is 16.5. The number of carbonyl (C=O) groups is 2. The van der Waals surface area contributed by atoms with Crippen LogP contribution in [0.2, 0.25) is 0 Å². The van der Waals surface area contributed by atoms with Gasteiger partial charge in [0.15, 0.2) is 0 Å². The molecule has 2 heterocycles. The Morgan fingerprint density at radius 3 is 2.67 bits per heavy atom. The van der Waals surface area contributed by atoms with E-state index in [9.17, 15) is 9.59 Å². The van der Waals surface area contributed by atoms with Crippen molar-refractivity contribution in [1.29, 1.82) is 0 Å². The van der Waals surface area contributed by atoms with Crippen LogP contribution < -0.4 is 5.32 Å². The zero-order valence-electron chi connectivity index (χ0n) is 17.7. The smallest absolute Gasteiger partial charge is 0.240 e. The third-order valence-corrected chi connectivity index (χ3v) is 6.24. The van der Waals surface area contributed by atoms with Crippen molar-refractivity contribution in [3.05, 3.63) is 48.0 Å². The van der Waals surface area contributed by atoms with Crippen molar-refractivity contribution in [3.8, 4) is 0 Å². The number of piperidine rings is 1. The van der Waals surface area contributed by atoms with E-state index in [1.807, 2.05) is 30.0 Å². The van der Waals surface area contributed by atoms with E-state index < -0.39 is 0 Å². The van der Waals surface area contributed by atoms with Gasteiger partial charge in [-0.25, -0.2) is 0 Å². The molecule has 2 aliphatic heterocycles. The largest absolute Gasteiger partial charge is 0.378 e. The van der Waals surface area contributed by atoms with Gasteiger partial charge in [-0.1, -0.05) is 48.9 Å². The summed E-state index contributed by atoms with van der Waals surface area (Å²) in [6.07, 6.45) is 2.88. The Balaban J connectivity index is 1.41. The Labute approximate surface area is 178 Å². The van der Waals surface area contributed by atoms with Crippen molar-refractivity contribution >= 4 is 22.6 Å². The molecule has 0 radical (unpaired) electrons. The molecule has 2 aromatic carbocycles. The van der Waals surface area contributed by atoms with Crippen LogP contribution in [0.4, 0.5) is 0 Å². The van der Waals surface area contributed by atoms with Gasteiger partial charge in [0.05, 0.1) is 31.8 Å². The van der Waals surface area contributed by atoms with Gasteiger partial charge in [0.2, 0.25) is 11.8 Å². The molecule has 2 saturated heterocycles. The molecule has 0 saturated carbocycles. The van der Waals surface area contributed by atoms with E-state index in [0.29, 0.717) is 26.3 Å². The number of carbonyl (C=O) groups excluding carboxylic acids is 2. The van der Waals surface area contributed by atoms with Crippen LogP contribution in [-0.2, 0) is 14.3 Å². The van der Waals surface area contributed by atoms with Gasteiger partial charge in [-0.3, -0.25) is 14.5 Å². The average Bonchev–Trinajstić information content (AvgIpc) is 2.79. The number of rotatable bonds is 5. The first-order valence-electron chi connectivity index (χ1n) is 11.0. The topological polar surface area (TPSA) is 61.9 Å². The predicted molar refractivity (Wildman–Crippen MR) is 117 cm³/mol. The van der Waals surface area contributed by atoms with Gasteiger partial charge in [-0.2, -0.15) is 0 Å². The van der Waals surface area contributed by atoms with Crippen LogP contribution in [0.1, 0.15) is 37.8 Å². The minimum absolute atomic E-state index is 0.0305. The summed E-state index contributed by atoms with van der Waals surface area (Å²) in [5.41, 5.74) is 1.11. The van der Waals surface area contributed by atoms with Crippen LogP contribution in [-0.4, -0.2) is 67.0 Å². The van der Waals surface area contributed by atoms with Crippen molar-refractivity contribution in [1.82, 2.24) is 15.1 Å². The molecule has 6 nitrogen and oxygen atoms in total. The van der Waals surface area contributed by atoms with Crippen molar-refractivity contribution in [2.45, 2.75) is 38.3 Å². The molecule has 0 bridgehead atoms. The first-order valence-corrected chi connectivity index (χ1v) is 11.0. The summed E-state index contributed by atoms with van der Waals surface area (Å²) >= 11 is 0. The van der Waals surface area contributed by atoms with E-state index in [-0.39, 0.29) is 30.4 Å². The lowest BCUT2D eigenvalue weighted by atomic mass is 9.99. The fourth-order valence-electron chi connectivity index (χ4n) is 4.63. The summed E-state index contributed by atoms with van der Waals surface area (Å²) in [6, 6.07) is 14.1. The van der Waals surface area contributed by atoms with Crippen LogP contribution >= 0.6 is 0 Å². The Hall–Kier alpha value is -2.44. The lowest BCUT2D eigenvalue weighted by molar-refractivity contribution is -0.143. The number of benzene rings is 2. The number of hydrogen-bond donors (Lipinski definition) is 1. The normalized spacial score (nSPS) is 21.4. The van der Waals surface area contributed by atoms with Crippen molar-refractivity contribution < 1.29 is 14.3 Å². The molecular weight excluding hydrogens is 378 g/mol. The fourth-order valence-corrected chi connectivity index (χ4v) is 4.63. The average molecular weight is 410 g/mol. The van der Waals surface area contributed by atoms with E-state index in [0.717, 1.165) is 36.8 Å². The molecule has 2 aliphatic rings. The standard InChI is InChI=1S/C24H31N3O3/c1-18(20-10-6-8-19-7-2-3-9-21(19)20)25-23(28)17-27-12-5-4-11-22(27)24(29)26-13-15-30-16-14-26/h2-3,6-10,18,22H,4-5,11-17H2,1H3,(H,25,28)/t18-,22+/m0/s1. The van der Waals surface area contributed by atoms with Crippen LogP contribution in [0.15, 0.2) is 42.5 Å². The van der Waals surface area contributed by atoms with Crippen LogP contribution in [0.3, 0.4) is 0 Å². The number of morpholine rings is 1. The monoisotopic (exact) mass is 409 g/mol. The second-order valence-corrected chi connectivity index (χ2v) is 8.28. The zero-order valence-corrected chi connectivity index (χ0v) is 17.7. The van der Waals surface area contributed by atoms with Crippen LogP contribution in [0, 0.1) is 0 Å². The molecule has 2 fully saturated rings. The SMILES string of the molecule is C[C@H](NC(=O)CN1CCCC[C@@H]1C(=O)N1CCOCC1)c1cccc2ccccc12. The molecule has 160 valence electrons. The number of fused-ring (bicyclic) bond motifs is 1. The fraction of sp³-hybridized carbons (Fsp3) is 0.500. The van der Waals surface area contributed by atoms with E-state index in [1.165, 1.54) is 5.39 Å². The van der Waals surface area contributed by atoms with E-state index in [1.54, 1.807) is 0 Å². The molecule has 0 spiro atoms. The third-order valence-electron chi connectivity index (χ3n) is 6.24. The molecule has 4 rings (SSSR count). The van der Waals surface area contributed by atoms with Gasteiger partial charge in [0, 0.05) is 13.1 Å². The Morgan fingerprint density at radius 1 is 1.07 bits per heavy atom. The highest BCUT2D eigenvalue weighted by Gasteiger charge is 2.33. The lowest BCUT2D eigenvalue weighted by Crippen LogP contribution is -2.55. The zero-order chi connectivity index (χ0) is 20.9. The predicted octanol–water partition coefficient (Wildman–Crippen LogP) is 2.73. The van der Waals surface area contributed by atoms with Gasteiger partial charge >= 0.3 is 0 Å². The number of nitrogens with zero attached hydrogens (tertiary/aromatic N) is 2. The summed E-state index contributed by atoms with van der Waals surface area (Å²) < 4.78 is 5.37. The summed E-state index contributed by atoms with van der Waals surface area (Å²) in [6.45, 7) is 5.56. The molecule has 30 heavy (non-hydrogen) atoms. The molecule has 2 atom stereocenters. The highest BCUT2D eigenvalue weighted by molar-refractivity contribution is 5.87. The first kappa shape index (κ1) is 20.8. The maximum Gasteiger partial charge on any atom is 0.240 e. The van der Waals surface area contributed by atoms with E-state index in [2.05, 4.69) is 34.5 Å². The number of ether oxygens (including phenoxy) is 1. The molecule has 2 amide bonds. The minimum Gasteiger partial charge on any atom is -0.378 e. The molecule has 0 unspecified atom stereocenters.